The molecule has 2 aromatic carbocycles. The van der Waals surface area contributed by atoms with E-state index in [-0.39, 0.29) is 18.4 Å². The molecule has 1 heterocycles. The summed E-state index contributed by atoms with van der Waals surface area (Å²) in [6.07, 6.45) is 4.76. The first-order valence-corrected chi connectivity index (χ1v) is 15.2. The quantitative estimate of drug-likeness (QED) is 0.333. The number of nitrogens with zero attached hydrogens (tertiary/aromatic N) is 2. The summed E-state index contributed by atoms with van der Waals surface area (Å²) >= 11 is 0. The highest BCUT2D eigenvalue weighted by atomic mass is 16.6. The Kier molecular flexibility index (Phi) is 12.4. The topological polar surface area (TPSA) is 121 Å². The van der Waals surface area contributed by atoms with Gasteiger partial charge in [-0.25, -0.2) is 9.59 Å². The van der Waals surface area contributed by atoms with E-state index in [2.05, 4.69) is 16.7 Å². The van der Waals surface area contributed by atoms with Gasteiger partial charge in [0.25, 0.3) is 0 Å². The van der Waals surface area contributed by atoms with Crippen LogP contribution < -0.4 is 15.4 Å². The van der Waals surface area contributed by atoms with Crippen LogP contribution in [0.3, 0.4) is 0 Å². The first-order chi connectivity index (χ1) is 20.4. The minimum Gasteiger partial charge on any atom is -0.489 e. The van der Waals surface area contributed by atoms with Crippen molar-refractivity contribution in [2.45, 2.75) is 97.4 Å². The molecule has 0 saturated carbocycles. The average Bonchev–Trinajstić information content (AvgIpc) is 3.25. The predicted octanol–water partition coefficient (Wildman–Crippen LogP) is 5.51. The number of likely N-dealkylation sites (tertiary alicyclic amines) is 1. The van der Waals surface area contributed by atoms with E-state index in [0.29, 0.717) is 37.4 Å². The number of urea groups is 1. The molecule has 43 heavy (non-hydrogen) atoms. The highest BCUT2D eigenvalue weighted by Crippen LogP contribution is 2.18. The zero-order valence-electron chi connectivity index (χ0n) is 26.2. The maximum atomic E-state index is 13.6. The van der Waals surface area contributed by atoms with E-state index in [9.17, 15) is 14.4 Å². The number of hydrogen-bond donors (Lipinski definition) is 2. The van der Waals surface area contributed by atoms with Crippen molar-refractivity contribution in [3.63, 3.8) is 0 Å². The summed E-state index contributed by atoms with van der Waals surface area (Å²) in [5.74, 6) is -0.143. The number of nitriles is 1. The van der Waals surface area contributed by atoms with Crippen molar-refractivity contribution in [2.75, 3.05) is 13.1 Å². The smallest absolute Gasteiger partial charge is 0.329 e. The third-order valence-electron chi connectivity index (χ3n) is 7.07. The van der Waals surface area contributed by atoms with Crippen LogP contribution >= 0.6 is 0 Å². The van der Waals surface area contributed by atoms with Gasteiger partial charge in [0.1, 0.15) is 30.0 Å². The molecule has 0 aromatic heterocycles. The van der Waals surface area contributed by atoms with Crippen LogP contribution in [-0.4, -0.2) is 53.6 Å². The van der Waals surface area contributed by atoms with E-state index in [4.69, 9.17) is 14.7 Å². The Morgan fingerprint density at radius 3 is 2.05 bits per heavy atom. The molecule has 0 bridgehead atoms. The number of amides is 3. The summed E-state index contributed by atoms with van der Waals surface area (Å²) in [4.78, 5) is 41.7. The van der Waals surface area contributed by atoms with Crippen LogP contribution in [0.5, 0.6) is 5.75 Å². The lowest BCUT2D eigenvalue weighted by atomic mass is 10.0. The Morgan fingerprint density at radius 2 is 1.49 bits per heavy atom. The molecule has 1 saturated heterocycles. The molecule has 1 aliphatic rings. The summed E-state index contributed by atoms with van der Waals surface area (Å²) in [6, 6.07) is 14.7. The van der Waals surface area contributed by atoms with Gasteiger partial charge in [-0.15, -0.1) is 0 Å². The average molecular weight is 591 g/mol. The van der Waals surface area contributed by atoms with E-state index in [0.717, 1.165) is 36.8 Å². The fourth-order valence-electron chi connectivity index (χ4n) is 4.86. The number of benzene rings is 2. The molecule has 2 N–H and O–H groups in total. The largest absolute Gasteiger partial charge is 0.489 e. The molecule has 0 unspecified atom stereocenters. The molecular formula is C34H46N4O5. The van der Waals surface area contributed by atoms with E-state index in [1.165, 1.54) is 0 Å². The van der Waals surface area contributed by atoms with Crippen LogP contribution in [0.15, 0.2) is 48.5 Å². The fraction of sp³-hybridized carbons (Fsp3) is 0.529. The summed E-state index contributed by atoms with van der Waals surface area (Å²) in [6.45, 7) is 11.0. The normalized spacial score (nSPS) is 15.0. The molecule has 3 amide bonds. The maximum Gasteiger partial charge on any atom is 0.329 e. The lowest BCUT2D eigenvalue weighted by molar-refractivity contribution is -0.158. The summed E-state index contributed by atoms with van der Waals surface area (Å²) in [5, 5.41) is 14.8. The molecular weight excluding hydrogens is 544 g/mol. The molecule has 0 spiro atoms. The molecule has 0 radical (unpaired) electrons. The Labute approximate surface area is 255 Å². The van der Waals surface area contributed by atoms with Gasteiger partial charge in [0, 0.05) is 19.5 Å². The molecule has 0 aliphatic carbocycles. The van der Waals surface area contributed by atoms with Crippen LogP contribution in [0.25, 0.3) is 0 Å². The van der Waals surface area contributed by atoms with Gasteiger partial charge in [-0.05, 0) is 81.3 Å². The van der Waals surface area contributed by atoms with Gasteiger partial charge in [0.15, 0.2) is 0 Å². The van der Waals surface area contributed by atoms with Crippen molar-refractivity contribution in [1.82, 2.24) is 15.5 Å². The lowest BCUT2D eigenvalue weighted by Gasteiger charge is -2.28. The van der Waals surface area contributed by atoms with Crippen molar-refractivity contribution < 1.29 is 23.9 Å². The first-order valence-electron chi connectivity index (χ1n) is 15.2. The summed E-state index contributed by atoms with van der Waals surface area (Å²) < 4.78 is 11.5. The Balaban J connectivity index is 1.69. The third-order valence-corrected chi connectivity index (χ3v) is 7.07. The van der Waals surface area contributed by atoms with Crippen molar-refractivity contribution in [3.05, 3.63) is 65.2 Å². The minimum absolute atomic E-state index is 0.150. The number of carbonyl (C=O) groups excluding carboxylic acids is 3. The molecule has 1 aliphatic heterocycles. The van der Waals surface area contributed by atoms with Gasteiger partial charge < -0.3 is 25.0 Å². The number of hydrogen-bond acceptors (Lipinski definition) is 6. The Morgan fingerprint density at radius 1 is 0.884 bits per heavy atom. The molecule has 1 fully saturated rings. The number of rotatable bonds is 11. The SMILES string of the molecule is CC(C)C[C@H](NC(=O)N1CCCCCC1)C(=O)N[C@@H](Cc1ccc(OCc2ccc(C#N)cc2)cc1)C(=O)OC(C)(C)C. The van der Waals surface area contributed by atoms with Crippen LogP contribution in [0, 0.1) is 17.2 Å². The van der Waals surface area contributed by atoms with Gasteiger partial charge in [0.05, 0.1) is 11.6 Å². The van der Waals surface area contributed by atoms with Crippen LogP contribution in [0.4, 0.5) is 4.79 Å². The van der Waals surface area contributed by atoms with Gasteiger partial charge in [-0.3, -0.25) is 4.79 Å². The van der Waals surface area contributed by atoms with Crippen LogP contribution in [-0.2, 0) is 27.4 Å². The van der Waals surface area contributed by atoms with E-state index in [1.54, 1.807) is 37.8 Å². The molecule has 2 aromatic rings. The maximum absolute atomic E-state index is 13.6. The first kappa shape index (κ1) is 33.4. The Hall–Kier alpha value is -4.06. The second kappa shape index (κ2) is 16.0. The highest BCUT2D eigenvalue weighted by molar-refractivity contribution is 5.90. The predicted molar refractivity (Wildman–Crippen MR) is 165 cm³/mol. The standard InChI is InChI=1S/C34H46N4O5/c1-24(2)20-29(37-33(41)38-18-8-6-7-9-19-38)31(39)36-30(32(40)43-34(3,4)5)21-25-14-16-28(17-15-25)42-23-27-12-10-26(22-35)11-13-27/h10-17,24,29-30H,6-9,18-21,23H2,1-5H3,(H,36,39)(H,37,41)/t29-,30-/m0/s1. The van der Waals surface area contributed by atoms with Gasteiger partial charge in [0.2, 0.25) is 5.91 Å². The molecule has 9 nitrogen and oxygen atoms in total. The van der Waals surface area contributed by atoms with E-state index in [1.807, 2.05) is 50.2 Å². The minimum atomic E-state index is -0.943. The van der Waals surface area contributed by atoms with Crippen LogP contribution in [0.1, 0.15) is 83.4 Å². The zero-order chi connectivity index (χ0) is 31.4. The molecule has 9 heteroatoms. The summed E-state index contributed by atoms with van der Waals surface area (Å²) in [5.41, 5.74) is 1.61. The molecule has 232 valence electrons. The number of carbonyl (C=O) groups is 3. The van der Waals surface area contributed by atoms with Gasteiger partial charge in [-0.1, -0.05) is 51.0 Å². The van der Waals surface area contributed by atoms with Crippen molar-refractivity contribution >= 4 is 17.9 Å². The number of nitrogens with one attached hydrogen (secondary N) is 2. The van der Waals surface area contributed by atoms with E-state index >= 15 is 0 Å². The van der Waals surface area contributed by atoms with E-state index < -0.39 is 29.6 Å². The van der Waals surface area contributed by atoms with Crippen LogP contribution in [0.2, 0.25) is 0 Å². The van der Waals surface area contributed by atoms with Crippen molar-refractivity contribution in [1.29, 1.82) is 5.26 Å². The second-order valence-electron chi connectivity index (χ2n) is 12.6. The lowest BCUT2D eigenvalue weighted by Crippen LogP contribution is -2.55. The third kappa shape index (κ3) is 11.6. The zero-order valence-corrected chi connectivity index (χ0v) is 26.2. The number of esters is 1. The monoisotopic (exact) mass is 590 g/mol. The summed E-state index contributed by atoms with van der Waals surface area (Å²) in [7, 11) is 0. The fourth-order valence-corrected chi connectivity index (χ4v) is 4.86. The van der Waals surface area contributed by atoms with Gasteiger partial charge >= 0.3 is 12.0 Å². The molecule has 2 atom stereocenters. The van der Waals surface area contributed by atoms with Gasteiger partial charge in [-0.2, -0.15) is 5.26 Å². The number of ether oxygens (including phenoxy) is 2. The molecule has 3 rings (SSSR count). The van der Waals surface area contributed by atoms with Crippen molar-refractivity contribution in [2.24, 2.45) is 5.92 Å². The highest BCUT2D eigenvalue weighted by Gasteiger charge is 2.31. The Bertz CT molecular complexity index is 1240. The second-order valence-corrected chi connectivity index (χ2v) is 12.6. The van der Waals surface area contributed by atoms with Crippen molar-refractivity contribution in [3.8, 4) is 11.8 Å².